The number of nitrogens with zero attached hydrogens (tertiary/aromatic N) is 4. The van der Waals surface area contributed by atoms with Crippen LogP contribution in [0.2, 0.25) is 0 Å². The van der Waals surface area contributed by atoms with Gasteiger partial charge in [-0.15, -0.1) is 11.3 Å². The van der Waals surface area contributed by atoms with Crippen LogP contribution in [0.3, 0.4) is 0 Å². The van der Waals surface area contributed by atoms with Crippen LogP contribution in [0.1, 0.15) is 22.5 Å². The van der Waals surface area contributed by atoms with Crippen LogP contribution in [0.4, 0.5) is 0 Å². The van der Waals surface area contributed by atoms with E-state index in [1.54, 1.807) is 18.4 Å². The lowest BCUT2D eigenvalue weighted by atomic mass is 10.2. The Morgan fingerprint density at radius 3 is 2.83 bits per heavy atom. The minimum Gasteiger partial charge on any atom is -0.356 e. The van der Waals surface area contributed by atoms with Gasteiger partial charge in [-0.25, -0.2) is 4.98 Å². The molecule has 0 spiro atoms. The molecule has 2 aromatic heterocycles. The Balaban J connectivity index is 1.68. The molecule has 23 heavy (non-hydrogen) atoms. The van der Waals surface area contributed by atoms with Gasteiger partial charge in [0.25, 0.3) is 0 Å². The summed E-state index contributed by atoms with van der Waals surface area (Å²) in [6, 6.07) is 1.95. The molecule has 0 saturated carbocycles. The normalized spacial score (nSPS) is 13.1. The number of hydrogen-bond donors (Lipinski definition) is 2. The third-order valence-corrected chi connectivity index (χ3v) is 4.74. The molecule has 7 heteroatoms. The summed E-state index contributed by atoms with van der Waals surface area (Å²) >= 11 is 1.77. The van der Waals surface area contributed by atoms with Crippen molar-refractivity contribution in [2.75, 3.05) is 20.1 Å². The van der Waals surface area contributed by atoms with Gasteiger partial charge in [0, 0.05) is 50.4 Å². The molecule has 1 unspecified atom stereocenters. The summed E-state index contributed by atoms with van der Waals surface area (Å²) in [5, 5.41) is 12.1. The van der Waals surface area contributed by atoms with Crippen molar-refractivity contribution >= 4 is 17.3 Å². The van der Waals surface area contributed by atoms with Crippen LogP contribution in [0.15, 0.2) is 23.5 Å². The molecule has 0 radical (unpaired) electrons. The molecular formula is C16H26N6S. The van der Waals surface area contributed by atoms with E-state index in [0.717, 1.165) is 37.7 Å². The topological polar surface area (TPSA) is 67.1 Å². The number of hydrogen-bond acceptors (Lipinski definition) is 4. The predicted molar refractivity (Wildman–Crippen MR) is 96.0 cm³/mol. The van der Waals surface area contributed by atoms with Gasteiger partial charge in [0.2, 0.25) is 0 Å². The van der Waals surface area contributed by atoms with Gasteiger partial charge in [0.1, 0.15) is 0 Å². The summed E-state index contributed by atoms with van der Waals surface area (Å²) in [5.74, 6) is 1.31. The van der Waals surface area contributed by atoms with Gasteiger partial charge in [0.15, 0.2) is 5.96 Å². The molecule has 2 aromatic rings. The van der Waals surface area contributed by atoms with E-state index in [2.05, 4.69) is 46.5 Å². The van der Waals surface area contributed by atoms with E-state index in [0.29, 0.717) is 5.92 Å². The van der Waals surface area contributed by atoms with Gasteiger partial charge < -0.3 is 10.6 Å². The Labute approximate surface area is 142 Å². The second-order valence-corrected chi connectivity index (χ2v) is 7.00. The fraction of sp³-hybridized carbons (Fsp3) is 0.562. The Hall–Kier alpha value is -1.89. The van der Waals surface area contributed by atoms with Crippen molar-refractivity contribution in [1.29, 1.82) is 0 Å². The first-order valence-corrected chi connectivity index (χ1v) is 8.75. The lowest BCUT2D eigenvalue weighted by Gasteiger charge is -2.16. The van der Waals surface area contributed by atoms with Gasteiger partial charge in [-0.05, 0) is 25.8 Å². The molecule has 0 aliphatic carbocycles. The molecule has 0 aliphatic rings. The maximum absolute atomic E-state index is 4.56. The molecule has 0 saturated heterocycles. The van der Waals surface area contributed by atoms with Gasteiger partial charge in [-0.2, -0.15) is 5.10 Å². The SMILES string of the molecule is CN=C(NCCc1nc(C)c(C)s1)NCC(C)Cn1cccn1. The molecule has 1 atom stereocenters. The van der Waals surface area contributed by atoms with Crippen molar-refractivity contribution in [2.45, 2.75) is 33.7 Å². The fourth-order valence-electron chi connectivity index (χ4n) is 2.22. The predicted octanol–water partition coefficient (Wildman–Crippen LogP) is 2.00. The molecule has 0 aliphatic heterocycles. The monoisotopic (exact) mass is 334 g/mol. The molecule has 6 nitrogen and oxygen atoms in total. The zero-order valence-corrected chi connectivity index (χ0v) is 15.2. The van der Waals surface area contributed by atoms with Crippen LogP contribution >= 0.6 is 11.3 Å². The average molecular weight is 334 g/mol. The molecule has 0 aromatic carbocycles. The van der Waals surface area contributed by atoms with Crippen LogP contribution in [0.5, 0.6) is 0 Å². The van der Waals surface area contributed by atoms with Gasteiger partial charge in [0.05, 0.1) is 10.7 Å². The Kier molecular flexibility index (Phi) is 6.58. The Morgan fingerprint density at radius 1 is 1.39 bits per heavy atom. The average Bonchev–Trinajstić information content (AvgIpc) is 3.13. The number of thiazole rings is 1. The maximum atomic E-state index is 4.56. The van der Waals surface area contributed by atoms with E-state index in [1.165, 1.54) is 9.88 Å². The van der Waals surface area contributed by atoms with Crippen molar-refractivity contribution in [3.8, 4) is 0 Å². The van der Waals surface area contributed by atoms with E-state index in [4.69, 9.17) is 0 Å². The first-order valence-electron chi connectivity index (χ1n) is 7.93. The van der Waals surface area contributed by atoms with Crippen molar-refractivity contribution in [3.05, 3.63) is 34.0 Å². The summed E-state index contributed by atoms with van der Waals surface area (Å²) in [6.07, 6.45) is 4.72. The zero-order valence-electron chi connectivity index (χ0n) is 14.3. The zero-order chi connectivity index (χ0) is 16.7. The number of guanidine groups is 1. The first kappa shape index (κ1) is 17.5. The summed E-state index contributed by atoms with van der Waals surface area (Å²) in [5.41, 5.74) is 1.14. The quantitative estimate of drug-likeness (QED) is 0.600. The number of aliphatic imine (C=N–C) groups is 1. The molecule has 2 N–H and O–H groups in total. The number of aromatic nitrogens is 3. The second-order valence-electron chi connectivity index (χ2n) is 5.71. The van der Waals surface area contributed by atoms with E-state index >= 15 is 0 Å². The van der Waals surface area contributed by atoms with Gasteiger partial charge in [-0.1, -0.05) is 6.92 Å². The van der Waals surface area contributed by atoms with E-state index < -0.39 is 0 Å². The van der Waals surface area contributed by atoms with Crippen LogP contribution in [-0.4, -0.2) is 40.9 Å². The Morgan fingerprint density at radius 2 is 2.22 bits per heavy atom. The van der Waals surface area contributed by atoms with E-state index in [-0.39, 0.29) is 0 Å². The van der Waals surface area contributed by atoms with Crippen molar-refractivity contribution < 1.29 is 0 Å². The number of nitrogens with one attached hydrogen (secondary N) is 2. The van der Waals surface area contributed by atoms with Crippen molar-refractivity contribution in [1.82, 2.24) is 25.4 Å². The smallest absolute Gasteiger partial charge is 0.191 e. The molecule has 0 fully saturated rings. The molecule has 0 amide bonds. The molecular weight excluding hydrogens is 308 g/mol. The minimum atomic E-state index is 0.470. The van der Waals surface area contributed by atoms with E-state index in [9.17, 15) is 0 Å². The highest BCUT2D eigenvalue weighted by molar-refractivity contribution is 7.11. The number of aryl methyl sites for hydroxylation is 2. The number of rotatable bonds is 7. The van der Waals surface area contributed by atoms with E-state index in [1.807, 2.05) is 23.1 Å². The van der Waals surface area contributed by atoms with Crippen LogP contribution in [-0.2, 0) is 13.0 Å². The second kappa shape index (κ2) is 8.67. The molecule has 126 valence electrons. The maximum Gasteiger partial charge on any atom is 0.191 e. The van der Waals surface area contributed by atoms with Crippen molar-refractivity contribution in [3.63, 3.8) is 0 Å². The fourth-order valence-corrected chi connectivity index (χ4v) is 3.15. The molecule has 2 heterocycles. The lowest BCUT2D eigenvalue weighted by molar-refractivity contribution is 0.443. The summed E-state index contributed by atoms with van der Waals surface area (Å²) in [7, 11) is 1.80. The standard InChI is InChI=1S/C16H26N6S/c1-12(11-22-9-5-7-20-22)10-19-16(17-4)18-8-6-15-21-13(2)14(3)23-15/h5,7,9,12H,6,8,10-11H2,1-4H3,(H2,17,18,19). The first-order chi connectivity index (χ1) is 11.1. The van der Waals surface area contributed by atoms with Gasteiger partial charge >= 0.3 is 0 Å². The summed E-state index contributed by atoms with van der Waals surface area (Å²) < 4.78 is 1.95. The highest BCUT2D eigenvalue weighted by atomic mass is 32.1. The van der Waals surface area contributed by atoms with Crippen LogP contribution in [0.25, 0.3) is 0 Å². The third-order valence-electron chi connectivity index (χ3n) is 3.60. The lowest BCUT2D eigenvalue weighted by Crippen LogP contribution is -2.40. The molecule has 2 rings (SSSR count). The van der Waals surface area contributed by atoms with Crippen LogP contribution < -0.4 is 10.6 Å². The van der Waals surface area contributed by atoms with Gasteiger partial charge in [-0.3, -0.25) is 9.67 Å². The molecule has 0 bridgehead atoms. The minimum absolute atomic E-state index is 0.470. The highest BCUT2D eigenvalue weighted by Crippen LogP contribution is 2.16. The summed E-state index contributed by atoms with van der Waals surface area (Å²) in [4.78, 5) is 10.1. The highest BCUT2D eigenvalue weighted by Gasteiger charge is 2.06. The third kappa shape index (κ3) is 5.67. The largest absolute Gasteiger partial charge is 0.356 e. The summed E-state index contributed by atoms with van der Waals surface area (Å²) in [6.45, 7) is 8.96. The van der Waals surface area contributed by atoms with Crippen molar-refractivity contribution in [2.24, 2.45) is 10.9 Å². The van der Waals surface area contributed by atoms with Crippen LogP contribution in [0, 0.1) is 19.8 Å². The Bertz CT molecular complexity index is 597.